The molecule has 0 saturated carbocycles. The van der Waals surface area contributed by atoms with Crippen molar-refractivity contribution in [2.75, 3.05) is 13.2 Å². The van der Waals surface area contributed by atoms with Crippen molar-refractivity contribution < 1.29 is 19.1 Å². The molecule has 0 saturated heterocycles. The SMILES string of the molecule is C=CCNC(=O)[C@@H](C)OC(=O)COc1c(C)cc(Br)cc1Cl. The molecule has 5 nitrogen and oxygen atoms in total. The molecule has 7 heteroatoms. The first-order valence-corrected chi connectivity index (χ1v) is 7.68. The topological polar surface area (TPSA) is 64.6 Å². The molecule has 0 unspecified atom stereocenters. The van der Waals surface area contributed by atoms with Crippen LogP contribution in [0.4, 0.5) is 0 Å². The van der Waals surface area contributed by atoms with E-state index in [9.17, 15) is 9.59 Å². The summed E-state index contributed by atoms with van der Waals surface area (Å²) in [6, 6.07) is 3.48. The van der Waals surface area contributed by atoms with E-state index in [0.717, 1.165) is 10.0 Å². The van der Waals surface area contributed by atoms with E-state index in [2.05, 4.69) is 27.8 Å². The molecule has 0 aromatic heterocycles. The van der Waals surface area contributed by atoms with E-state index in [-0.39, 0.29) is 6.61 Å². The lowest BCUT2D eigenvalue weighted by Gasteiger charge is -2.14. The third-order valence-electron chi connectivity index (χ3n) is 2.63. The number of rotatable bonds is 7. The van der Waals surface area contributed by atoms with Crippen molar-refractivity contribution in [3.63, 3.8) is 0 Å². The van der Waals surface area contributed by atoms with Crippen molar-refractivity contribution >= 4 is 39.4 Å². The molecule has 1 amide bonds. The second kappa shape index (κ2) is 8.80. The van der Waals surface area contributed by atoms with Gasteiger partial charge in [0, 0.05) is 11.0 Å². The number of benzene rings is 1. The van der Waals surface area contributed by atoms with Crippen LogP contribution in [0, 0.1) is 6.92 Å². The van der Waals surface area contributed by atoms with Crippen molar-refractivity contribution in [1.29, 1.82) is 0 Å². The predicted molar refractivity (Wildman–Crippen MR) is 88.1 cm³/mol. The van der Waals surface area contributed by atoms with E-state index in [4.69, 9.17) is 21.1 Å². The lowest BCUT2D eigenvalue weighted by Crippen LogP contribution is -2.36. The maximum absolute atomic E-state index is 11.7. The van der Waals surface area contributed by atoms with Gasteiger partial charge in [0.1, 0.15) is 5.75 Å². The van der Waals surface area contributed by atoms with Gasteiger partial charge in [-0.1, -0.05) is 33.6 Å². The Hall–Kier alpha value is -1.53. The van der Waals surface area contributed by atoms with Crippen LogP contribution in [-0.2, 0) is 14.3 Å². The second-order valence-corrected chi connectivity index (χ2v) is 5.81. The quantitative estimate of drug-likeness (QED) is 0.574. The zero-order valence-corrected chi connectivity index (χ0v) is 14.7. The van der Waals surface area contributed by atoms with Gasteiger partial charge in [0.25, 0.3) is 5.91 Å². The van der Waals surface area contributed by atoms with Gasteiger partial charge in [0.2, 0.25) is 0 Å². The van der Waals surface area contributed by atoms with Crippen LogP contribution in [0.15, 0.2) is 29.3 Å². The van der Waals surface area contributed by atoms with Gasteiger partial charge in [-0.3, -0.25) is 4.79 Å². The Morgan fingerprint density at radius 1 is 1.50 bits per heavy atom. The van der Waals surface area contributed by atoms with Crippen LogP contribution in [0.3, 0.4) is 0 Å². The normalized spacial score (nSPS) is 11.5. The Bertz CT molecular complexity index is 554. The summed E-state index contributed by atoms with van der Waals surface area (Å²) in [6.07, 6.45) is 0.631. The summed E-state index contributed by atoms with van der Waals surface area (Å²) in [4.78, 5) is 23.2. The summed E-state index contributed by atoms with van der Waals surface area (Å²) in [7, 11) is 0. The highest BCUT2D eigenvalue weighted by molar-refractivity contribution is 9.10. The summed E-state index contributed by atoms with van der Waals surface area (Å²) in [5.74, 6) is -0.642. The van der Waals surface area contributed by atoms with E-state index in [1.54, 1.807) is 6.07 Å². The lowest BCUT2D eigenvalue weighted by molar-refractivity contribution is -0.156. The first-order valence-electron chi connectivity index (χ1n) is 6.51. The van der Waals surface area contributed by atoms with Crippen molar-refractivity contribution in [3.8, 4) is 5.75 Å². The van der Waals surface area contributed by atoms with Gasteiger partial charge in [-0.15, -0.1) is 6.58 Å². The summed E-state index contributed by atoms with van der Waals surface area (Å²) in [5.41, 5.74) is 0.781. The highest BCUT2D eigenvalue weighted by Gasteiger charge is 2.18. The first kappa shape index (κ1) is 18.5. The molecule has 0 fully saturated rings. The monoisotopic (exact) mass is 389 g/mol. The fourth-order valence-electron chi connectivity index (χ4n) is 1.60. The molecule has 0 aliphatic heterocycles. The summed E-state index contributed by atoms with van der Waals surface area (Å²) in [5, 5.41) is 2.92. The average molecular weight is 391 g/mol. The lowest BCUT2D eigenvalue weighted by atomic mass is 10.2. The Kier molecular flexibility index (Phi) is 7.41. The van der Waals surface area contributed by atoms with Crippen LogP contribution in [0.1, 0.15) is 12.5 Å². The average Bonchev–Trinajstić information content (AvgIpc) is 2.43. The van der Waals surface area contributed by atoms with Crippen LogP contribution >= 0.6 is 27.5 Å². The van der Waals surface area contributed by atoms with Gasteiger partial charge in [-0.05, 0) is 31.5 Å². The predicted octanol–water partition coefficient (Wildman–Crippen LogP) is 3.02. The molecule has 1 N–H and O–H groups in total. The summed E-state index contributed by atoms with van der Waals surface area (Å²) >= 11 is 9.36. The third kappa shape index (κ3) is 5.69. The minimum Gasteiger partial charge on any atom is -0.480 e. The van der Waals surface area contributed by atoms with Gasteiger partial charge < -0.3 is 14.8 Å². The number of carbonyl (C=O) groups is 2. The second-order valence-electron chi connectivity index (χ2n) is 4.49. The highest BCUT2D eigenvalue weighted by atomic mass is 79.9. The number of hydrogen-bond donors (Lipinski definition) is 1. The molecule has 0 heterocycles. The molecule has 1 aromatic rings. The van der Waals surface area contributed by atoms with Gasteiger partial charge in [-0.2, -0.15) is 0 Å². The van der Waals surface area contributed by atoms with Crippen molar-refractivity contribution in [2.45, 2.75) is 20.0 Å². The molecule has 0 aliphatic carbocycles. The van der Waals surface area contributed by atoms with Gasteiger partial charge in [-0.25, -0.2) is 4.79 Å². The zero-order chi connectivity index (χ0) is 16.7. The molecule has 0 bridgehead atoms. The number of halogens is 2. The van der Waals surface area contributed by atoms with Crippen molar-refractivity contribution in [1.82, 2.24) is 5.32 Å². The minimum atomic E-state index is -0.905. The van der Waals surface area contributed by atoms with Gasteiger partial charge in [0.05, 0.1) is 5.02 Å². The van der Waals surface area contributed by atoms with Gasteiger partial charge >= 0.3 is 5.97 Å². The standard InChI is InChI=1S/C15H17BrClNO4/c1-4-5-18-15(20)10(3)22-13(19)8-21-14-9(2)6-11(16)7-12(14)17/h4,6-7,10H,1,5,8H2,2-3H3,(H,18,20)/t10-/m1/s1. The number of carbonyl (C=O) groups excluding carboxylic acids is 2. The molecule has 1 rings (SSSR count). The van der Waals surface area contributed by atoms with E-state index in [1.165, 1.54) is 13.0 Å². The molecule has 120 valence electrons. The Morgan fingerprint density at radius 3 is 2.77 bits per heavy atom. The summed E-state index contributed by atoms with van der Waals surface area (Å²) < 4.78 is 11.2. The highest BCUT2D eigenvalue weighted by Crippen LogP contribution is 2.31. The first-order chi connectivity index (χ1) is 10.3. The number of amides is 1. The van der Waals surface area contributed by atoms with Crippen LogP contribution in [0.5, 0.6) is 5.75 Å². The third-order valence-corrected chi connectivity index (χ3v) is 3.37. The number of nitrogens with one attached hydrogen (secondary N) is 1. The molecule has 22 heavy (non-hydrogen) atoms. The molecule has 1 aromatic carbocycles. The van der Waals surface area contributed by atoms with Gasteiger partial charge in [0.15, 0.2) is 12.7 Å². The Balaban J connectivity index is 2.53. The van der Waals surface area contributed by atoms with Crippen LogP contribution < -0.4 is 10.1 Å². The molecular weight excluding hydrogens is 374 g/mol. The zero-order valence-electron chi connectivity index (χ0n) is 12.3. The number of aryl methyl sites for hydroxylation is 1. The maximum atomic E-state index is 11.7. The molecule has 0 spiro atoms. The number of hydrogen-bond acceptors (Lipinski definition) is 4. The fourth-order valence-corrected chi connectivity index (χ4v) is 2.63. The van der Waals surface area contributed by atoms with E-state index >= 15 is 0 Å². The van der Waals surface area contributed by atoms with E-state index < -0.39 is 18.0 Å². The number of esters is 1. The van der Waals surface area contributed by atoms with Crippen molar-refractivity contribution in [3.05, 3.63) is 39.8 Å². The number of ether oxygens (including phenoxy) is 2. The van der Waals surface area contributed by atoms with Crippen LogP contribution in [0.2, 0.25) is 5.02 Å². The molecule has 0 radical (unpaired) electrons. The fraction of sp³-hybridized carbons (Fsp3) is 0.333. The molecule has 0 aliphatic rings. The largest absolute Gasteiger partial charge is 0.480 e. The van der Waals surface area contributed by atoms with Crippen molar-refractivity contribution in [2.24, 2.45) is 0 Å². The molecule has 1 atom stereocenters. The van der Waals surface area contributed by atoms with E-state index in [0.29, 0.717) is 17.3 Å². The minimum absolute atomic E-state index is 0.310. The summed E-state index contributed by atoms with van der Waals surface area (Å²) in [6.45, 7) is 6.75. The van der Waals surface area contributed by atoms with Crippen LogP contribution in [-0.4, -0.2) is 31.1 Å². The smallest absolute Gasteiger partial charge is 0.344 e. The Labute approximate surface area is 142 Å². The Morgan fingerprint density at radius 2 is 2.18 bits per heavy atom. The maximum Gasteiger partial charge on any atom is 0.344 e. The van der Waals surface area contributed by atoms with E-state index in [1.807, 2.05) is 13.0 Å². The molecular formula is C15H17BrClNO4. The van der Waals surface area contributed by atoms with Crippen LogP contribution in [0.25, 0.3) is 0 Å².